The highest BCUT2D eigenvalue weighted by Gasteiger charge is 2.38. The van der Waals surface area contributed by atoms with Crippen molar-refractivity contribution in [2.75, 3.05) is 0 Å². The minimum Gasteiger partial charge on any atom is -0.478 e. The molecule has 0 aromatic carbocycles. The molecule has 0 aromatic rings. The van der Waals surface area contributed by atoms with E-state index in [9.17, 15) is 9.59 Å². The van der Waals surface area contributed by atoms with E-state index in [2.05, 4.69) is 13.8 Å². The first kappa shape index (κ1) is 18.7. The fraction of sp³-hybridized carbons (Fsp3) is 0.778. The van der Waals surface area contributed by atoms with Crippen molar-refractivity contribution in [1.82, 2.24) is 0 Å². The van der Waals surface area contributed by atoms with Crippen LogP contribution < -0.4 is 0 Å². The molecule has 1 unspecified atom stereocenters. The van der Waals surface area contributed by atoms with Crippen molar-refractivity contribution in [1.29, 1.82) is 0 Å². The molecule has 4 nitrogen and oxygen atoms in total. The third-order valence-electron chi connectivity index (χ3n) is 5.01. The fourth-order valence-electron chi connectivity index (χ4n) is 3.45. The van der Waals surface area contributed by atoms with Gasteiger partial charge in [0, 0.05) is 12.2 Å². The largest absolute Gasteiger partial charge is 0.478 e. The molecule has 22 heavy (non-hydrogen) atoms. The summed E-state index contributed by atoms with van der Waals surface area (Å²) in [7, 11) is 0. The number of ether oxygens (including phenoxy) is 1. The van der Waals surface area contributed by atoms with E-state index >= 15 is 0 Å². The van der Waals surface area contributed by atoms with Crippen LogP contribution in [0.2, 0.25) is 0 Å². The van der Waals surface area contributed by atoms with Gasteiger partial charge in [0.25, 0.3) is 0 Å². The Hall–Kier alpha value is -1.32. The molecule has 1 saturated carbocycles. The lowest BCUT2D eigenvalue weighted by Gasteiger charge is -2.41. The fourth-order valence-corrected chi connectivity index (χ4v) is 3.45. The Morgan fingerprint density at radius 2 is 1.82 bits per heavy atom. The molecular weight excluding hydrogens is 280 g/mol. The van der Waals surface area contributed by atoms with E-state index < -0.39 is 17.5 Å². The van der Waals surface area contributed by atoms with Crippen molar-refractivity contribution in [3.05, 3.63) is 12.2 Å². The van der Waals surface area contributed by atoms with Gasteiger partial charge in [-0.2, -0.15) is 0 Å². The first-order valence-corrected chi connectivity index (χ1v) is 8.55. The Kier molecular flexibility index (Phi) is 7.63. The van der Waals surface area contributed by atoms with Crippen molar-refractivity contribution in [3.63, 3.8) is 0 Å². The van der Waals surface area contributed by atoms with E-state index in [1.165, 1.54) is 19.3 Å². The van der Waals surface area contributed by atoms with Gasteiger partial charge in [-0.15, -0.1) is 0 Å². The molecule has 0 aromatic heterocycles. The summed E-state index contributed by atoms with van der Waals surface area (Å²) < 4.78 is 5.71. The monoisotopic (exact) mass is 310 g/mol. The Morgan fingerprint density at radius 3 is 2.32 bits per heavy atom. The topological polar surface area (TPSA) is 63.6 Å². The summed E-state index contributed by atoms with van der Waals surface area (Å²) in [5.74, 6) is -0.493. The third-order valence-corrected chi connectivity index (χ3v) is 5.01. The van der Waals surface area contributed by atoms with Gasteiger partial charge in [-0.1, -0.05) is 39.5 Å². The van der Waals surface area contributed by atoms with Gasteiger partial charge in [-0.05, 0) is 44.4 Å². The molecule has 0 spiro atoms. The highest BCUT2D eigenvalue weighted by atomic mass is 16.6. The Bertz CT molecular complexity index is 394. The molecule has 1 N–H and O–H groups in total. The van der Waals surface area contributed by atoms with Gasteiger partial charge in [0.2, 0.25) is 0 Å². The third kappa shape index (κ3) is 5.82. The van der Waals surface area contributed by atoms with Crippen LogP contribution in [0.4, 0.5) is 0 Å². The zero-order valence-corrected chi connectivity index (χ0v) is 14.1. The molecule has 126 valence electrons. The number of aliphatic carboxylic acids is 1. The maximum absolute atomic E-state index is 11.9. The van der Waals surface area contributed by atoms with Crippen LogP contribution in [0.1, 0.15) is 72.1 Å². The number of unbranched alkanes of at least 4 members (excludes halogenated alkanes) is 1. The first-order chi connectivity index (χ1) is 10.4. The van der Waals surface area contributed by atoms with Crippen LogP contribution >= 0.6 is 0 Å². The van der Waals surface area contributed by atoms with Gasteiger partial charge in [0.15, 0.2) is 0 Å². The molecule has 1 aliphatic rings. The summed E-state index contributed by atoms with van der Waals surface area (Å²) in [5, 5.41) is 8.61. The summed E-state index contributed by atoms with van der Waals surface area (Å²) in [6.07, 6.45) is 10.6. The summed E-state index contributed by atoms with van der Waals surface area (Å²) in [6, 6.07) is 0. The second kappa shape index (κ2) is 8.96. The van der Waals surface area contributed by atoms with Crippen LogP contribution in [-0.4, -0.2) is 22.6 Å². The SMILES string of the molecule is CCCCC(C)(OC(=O)/C=C/C(=O)O)C1CCC(CC)CC1. The number of carbonyl (C=O) groups is 2. The molecule has 4 heteroatoms. The number of carboxylic acids is 1. The van der Waals surface area contributed by atoms with Gasteiger partial charge in [-0.25, -0.2) is 9.59 Å². The van der Waals surface area contributed by atoms with Gasteiger partial charge < -0.3 is 9.84 Å². The number of hydrogen-bond donors (Lipinski definition) is 1. The minimum atomic E-state index is -1.13. The highest BCUT2D eigenvalue weighted by Crippen LogP contribution is 2.41. The standard InChI is InChI=1S/C18H30O4/c1-4-6-13-18(3,22-17(21)12-11-16(19)20)15-9-7-14(5-2)8-10-15/h11-12,14-15H,4-10,13H2,1-3H3,(H,19,20)/b12-11+. The predicted octanol–water partition coefficient (Wildman–Crippen LogP) is 4.34. The lowest BCUT2D eigenvalue weighted by molar-refractivity contribution is -0.161. The van der Waals surface area contributed by atoms with E-state index in [1.807, 2.05) is 6.92 Å². The van der Waals surface area contributed by atoms with Crippen LogP contribution in [0.5, 0.6) is 0 Å². The number of carbonyl (C=O) groups excluding carboxylic acids is 1. The Labute approximate surface area is 133 Å². The number of rotatable bonds is 8. The van der Waals surface area contributed by atoms with Crippen molar-refractivity contribution in [2.24, 2.45) is 11.8 Å². The van der Waals surface area contributed by atoms with Crippen molar-refractivity contribution >= 4 is 11.9 Å². The van der Waals surface area contributed by atoms with E-state index in [0.29, 0.717) is 5.92 Å². The van der Waals surface area contributed by atoms with Crippen molar-refractivity contribution < 1.29 is 19.4 Å². The van der Waals surface area contributed by atoms with Crippen LogP contribution in [0, 0.1) is 11.8 Å². The summed E-state index contributed by atoms with van der Waals surface area (Å²) in [6.45, 7) is 6.38. The quantitative estimate of drug-likeness (QED) is 0.535. The summed E-state index contributed by atoms with van der Waals surface area (Å²) in [5.41, 5.74) is -0.478. The predicted molar refractivity (Wildman–Crippen MR) is 86.5 cm³/mol. The smallest absolute Gasteiger partial charge is 0.331 e. The van der Waals surface area contributed by atoms with E-state index in [-0.39, 0.29) is 0 Å². The van der Waals surface area contributed by atoms with Crippen LogP contribution in [0.15, 0.2) is 12.2 Å². The zero-order valence-electron chi connectivity index (χ0n) is 14.1. The van der Waals surface area contributed by atoms with E-state index in [1.54, 1.807) is 0 Å². The normalized spacial score (nSPS) is 24.9. The lowest BCUT2D eigenvalue weighted by atomic mass is 9.72. The van der Waals surface area contributed by atoms with E-state index in [0.717, 1.165) is 50.2 Å². The number of esters is 1. The second-order valence-electron chi connectivity index (χ2n) is 6.63. The summed E-state index contributed by atoms with van der Waals surface area (Å²) in [4.78, 5) is 22.4. The molecule has 0 radical (unpaired) electrons. The molecule has 0 saturated heterocycles. The van der Waals surface area contributed by atoms with Crippen molar-refractivity contribution in [3.8, 4) is 0 Å². The number of carboxylic acid groups (broad SMARTS) is 1. The lowest BCUT2D eigenvalue weighted by Crippen LogP contribution is -2.41. The van der Waals surface area contributed by atoms with Gasteiger partial charge in [0.1, 0.15) is 5.60 Å². The van der Waals surface area contributed by atoms with Crippen LogP contribution in [0.25, 0.3) is 0 Å². The van der Waals surface area contributed by atoms with Gasteiger partial charge in [-0.3, -0.25) is 0 Å². The first-order valence-electron chi connectivity index (χ1n) is 8.55. The molecule has 0 aliphatic heterocycles. The van der Waals surface area contributed by atoms with Gasteiger partial charge >= 0.3 is 11.9 Å². The molecule has 0 amide bonds. The zero-order chi connectivity index (χ0) is 16.6. The average molecular weight is 310 g/mol. The van der Waals surface area contributed by atoms with Crippen molar-refractivity contribution in [2.45, 2.75) is 77.7 Å². The van der Waals surface area contributed by atoms with E-state index in [4.69, 9.17) is 9.84 Å². The molecular formula is C18H30O4. The molecule has 1 aliphatic carbocycles. The maximum Gasteiger partial charge on any atom is 0.331 e. The average Bonchev–Trinajstić information content (AvgIpc) is 2.51. The Balaban J connectivity index is 2.72. The number of hydrogen-bond acceptors (Lipinski definition) is 3. The van der Waals surface area contributed by atoms with Gasteiger partial charge in [0.05, 0.1) is 0 Å². The molecule has 1 atom stereocenters. The minimum absolute atomic E-state index is 0.379. The molecule has 1 rings (SSSR count). The van der Waals surface area contributed by atoms with Crippen LogP contribution in [-0.2, 0) is 14.3 Å². The molecule has 0 heterocycles. The highest BCUT2D eigenvalue weighted by molar-refractivity contribution is 5.90. The molecule has 0 bridgehead atoms. The summed E-state index contributed by atoms with van der Waals surface area (Å²) >= 11 is 0. The van der Waals surface area contributed by atoms with Crippen LogP contribution in [0.3, 0.4) is 0 Å². The second-order valence-corrected chi connectivity index (χ2v) is 6.63. The maximum atomic E-state index is 11.9. The molecule has 1 fully saturated rings. The Morgan fingerprint density at radius 1 is 1.18 bits per heavy atom.